The third kappa shape index (κ3) is 1.75. The number of pyridine rings is 1. The zero-order valence-electron chi connectivity index (χ0n) is 6.85. The van der Waals surface area contributed by atoms with E-state index in [4.69, 9.17) is 16.9 Å². The van der Waals surface area contributed by atoms with Crippen LogP contribution < -0.4 is 5.56 Å². The zero-order chi connectivity index (χ0) is 10.7. The number of alkyl halides is 3. The van der Waals surface area contributed by atoms with Crippen molar-refractivity contribution in [3.63, 3.8) is 0 Å². The molecular weight excluding hydrogens is 214 g/mol. The van der Waals surface area contributed by atoms with Gasteiger partial charge in [-0.1, -0.05) is 0 Å². The van der Waals surface area contributed by atoms with Gasteiger partial charge in [-0.05, 0) is 0 Å². The van der Waals surface area contributed by atoms with Crippen LogP contribution in [0.2, 0.25) is 0 Å². The SMILES string of the molecule is N#Cc1c(CCl)c[nH]c(=O)c1C(F)F. The lowest BCUT2D eigenvalue weighted by Gasteiger charge is -2.04. The average molecular weight is 219 g/mol. The summed E-state index contributed by atoms with van der Waals surface area (Å²) in [6, 6.07) is 1.55. The van der Waals surface area contributed by atoms with Crippen molar-refractivity contribution in [2.75, 3.05) is 0 Å². The molecule has 0 spiro atoms. The van der Waals surface area contributed by atoms with Crippen molar-refractivity contribution in [3.05, 3.63) is 33.2 Å². The summed E-state index contributed by atoms with van der Waals surface area (Å²) in [5, 5.41) is 8.61. The molecule has 1 aromatic rings. The molecule has 1 rings (SSSR count). The van der Waals surface area contributed by atoms with Gasteiger partial charge in [0.2, 0.25) is 0 Å². The predicted octanol–water partition coefficient (Wildman–Crippen LogP) is 1.92. The summed E-state index contributed by atoms with van der Waals surface area (Å²) < 4.78 is 24.8. The molecule has 1 aromatic heterocycles. The van der Waals surface area contributed by atoms with Gasteiger partial charge >= 0.3 is 0 Å². The second-order valence-corrected chi connectivity index (χ2v) is 2.75. The van der Waals surface area contributed by atoms with Gasteiger partial charge in [-0.15, -0.1) is 11.6 Å². The van der Waals surface area contributed by atoms with Crippen LogP contribution >= 0.6 is 11.6 Å². The van der Waals surface area contributed by atoms with Crippen LogP contribution in [0.5, 0.6) is 0 Å². The Balaban J connectivity index is 3.53. The average Bonchev–Trinajstić information content (AvgIpc) is 2.16. The molecule has 0 saturated heterocycles. The number of H-pyrrole nitrogens is 1. The van der Waals surface area contributed by atoms with Gasteiger partial charge in [-0.3, -0.25) is 4.79 Å². The van der Waals surface area contributed by atoms with Gasteiger partial charge in [0.15, 0.2) is 0 Å². The van der Waals surface area contributed by atoms with Crippen molar-refractivity contribution >= 4 is 11.6 Å². The Kier molecular flexibility index (Phi) is 3.20. The maximum Gasteiger partial charge on any atom is 0.270 e. The summed E-state index contributed by atoms with van der Waals surface area (Å²) in [4.78, 5) is 13.1. The fraction of sp³-hybridized carbons (Fsp3) is 0.250. The quantitative estimate of drug-likeness (QED) is 0.771. The van der Waals surface area contributed by atoms with E-state index in [-0.39, 0.29) is 17.0 Å². The standard InChI is InChI=1S/C8H5ClF2N2O/c9-1-4-3-13-8(14)6(7(10)11)5(4)2-12/h3,7H,1H2,(H,13,14). The molecule has 0 radical (unpaired) electrons. The van der Waals surface area contributed by atoms with E-state index in [1.165, 1.54) is 6.20 Å². The molecule has 0 fully saturated rings. The molecule has 1 N–H and O–H groups in total. The number of aromatic amines is 1. The first-order chi connectivity index (χ1) is 6.61. The van der Waals surface area contributed by atoms with Gasteiger partial charge in [-0.25, -0.2) is 8.78 Å². The number of nitrogens with one attached hydrogen (secondary N) is 1. The van der Waals surface area contributed by atoms with Crippen LogP contribution in [-0.4, -0.2) is 4.98 Å². The summed E-state index contributed by atoms with van der Waals surface area (Å²) in [5.74, 6) is -0.0978. The molecule has 74 valence electrons. The highest BCUT2D eigenvalue weighted by molar-refractivity contribution is 6.17. The summed E-state index contributed by atoms with van der Waals surface area (Å²) in [7, 11) is 0. The van der Waals surface area contributed by atoms with E-state index in [2.05, 4.69) is 4.98 Å². The van der Waals surface area contributed by atoms with E-state index in [0.29, 0.717) is 0 Å². The topological polar surface area (TPSA) is 56.6 Å². The molecule has 1 heterocycles. The molecule has 3 nitrogen and oxygen atoms in total. The van der Waals surface area contributed by atoms with E-state index >= 15 is 0 Å². The van der Waals surface area contributed by atoms with Gasteiger partial charge in [-0.2, -0.15) is 5.26 Å². The smallest absolute Gasteiger partial charge is 0.270 e. The maximum absolute atomic E-state index is 12.4. The van der Waals surface area contributed by atoms with Crippen LogP contribution in [-0.2, 0) is 5.88 Å². The van der Waals surface area contributed by atoms with E-state index in [0.717, 1.165) is 0 Å². The number of halogens is 3. The van der Waals surface area contributed by atoms with Gasteiger partial charge in [0.1, 0.15) is 11.6 Å². The van der Waals surface area contributed by atoms with Crippen LogP contribution in [0.15, 0.2) is 11.0 Å². The van der Waals surface area contributed by atoms with Crippen LogP contribution in [0.3, 0.4) is 0 Å². The first-order valence-electron chi connectivity index (χ1n) is 3.60. The molecule has 0 bridgehead atoms. The maximum atomic E-state index is 12.4. The monoisotopic (exact) mass is 218 g/mol. The normalized spacial score (nSPS) is 10.2. The number of hydrogen-bond acceptors (Lipinski definition) is 2. The molecule has 0 atom stereocenters. The molecule has 0 aliphatic carbocycles. The Morgan fingerprint density at radius 1 is 1.64 bits per heavy atom. The molecule has 0 aliphatic rings. The lowest BCUT2D eigenvalue weighted by molar-refractivity contribution is 0.149. The third-order valence-corrected chi connectivity index (χ3v) is 1.97. The van der Waals surface area contributed by atoms with Crippen molar-refractivity contribution in [2.45, 2.75) is 12.3 Å². The minimum atomic E-state index is -2.98. The molecule has 6 heteroatoms. The minimum Gasteiger partial charge on any atom is -0.328 e. The first kappa shape index (κ1) is 10.7. The summed E-state index contributed by atoms with van der Waals surface area (Å²) >= 11 is 5.42. The Morgan fingerprint density at radius 3 is 2.71 bits per heavy atom. The first-order valence-corrected chi connectivity index (χ1v) is 4.14. The Bertz CT molecular complexity index is 436. The van der Waals surface area contributed by atoms with E-state index in [1.807, 2.05) is 0 Å². The molecule has 14 heavy (non-hydrogen) atoms. The third-order valence-electron chi connectivity index (χ3n) is 1.69. The Morgan fingerprint density at radius 2 is 2.29 bits per heavy atom. The van der Waals surface area contributed by atoms with E-state index in [9.17, 15) is 13.6 Å². The second kappa shape index (κ2) is 4.20. The van der Waals surface area contributed by atoms with Gasteiger partial charge in [0, 0.05) is 11.8 Å². The van der Waals surface area contributed by atoms with Crippen molar-refractivity contribution in [2.24, 2.45) is 0 Å². The summed E-state index contributed by atoms with van der Waals surface area (Å²) in [6.45, 7) is 0. The van der Waals surface area contributed by atoms with Crippen LogP contribution in [0.1, 0.15) is 23.1 Å². The highest BCUT2D eigenvalue weighted by Crippen LogP contribution is 2.21. The summed E-state index contributed by atoms with van der Waals surface area (Å²) in [5.41, 5.74) is -1.90. The molecular formula is C8H5ClF2N2O. The number of nitriles is 1. The lowest BCUT2D eigenvalue weighted by Crippen LogP contribution is -2.16. The number of nitrogens with zero attached hydrogens (tertiary/aromatic N) is 1. The fourth-order valence-corrected chi connectivity index (χ4v) is 1.25. The minimum absolute atomic E-state index is 0.0978. The van der Waals surface area contributed by atoms with Gasteiger partial charge in [0.05, 0.1) is 11.4 Å². The van der Waals surface area contributed by atoms with Crippen LogP contribution in [0.4, 0.5) is 8.78 Å². The predicted molar refractivity (Wildman–Crippen MR) is 46.3 cm³/mol. The van der Waals surface area contributed by atoms with E-state index < -0.39 is 17.5 Å². The molecule has 0 amide bonds. The van der Waals surface area contributed by atoms with E-state index in [1.54, 1.807) is 6.07 Å². The van der Waals surface area contributed by atoms with Crippen LogP contribution in [0, 0.1) is 11.3 Å². The molecule has 0 saturated carbocycles. The second-order valence-electron chi connectivity index (χ2n) is 2.48. The largest absolute Gasteiger partial charge is 0.328 e. The number of aromatic nitrogens is 1. The highest BCUT2D eigenvalue weighted by Gasteiger charge is 2.20. The van der Waals surface area contributed by atoms with Crippen molar-refractivity contribution < 1.29 is 8.78 Å². The van der Waals surface area contributed by atoms with Crippen molar-refractivity contribution in [1.29, 1.82) is 5.26 Å². The van der Waals surface area contributed by atoms with Crippen molar-refractivity contribution in [1.82, 2.24) is 4.98 Å². The Labute approximate surface area is 82.9 Å². The number of rotatable bonds is 2. The fourth-order valence-electron chi connectivity index (χ4n) is 1.03. The summed E-state index contributed by atoms with van der Waals surface area (Å²) in [6.07, 6.45) is -1.81. The Hall–Kier alpha value is -1.41. The van der Waals surface area contributed by atoms with Crippen molar-refractivity contribution in [3.8, 4) is 6.07 Å². The number of hydrogen-bond donors (Lipinski definition) is 1. The molecule has 0 aliphatic heterocycles. The van der Waals surface area contributed by atoms with Gasteiger partial charge < -0.3 is 4.98 Å². The highest BCUT2D eigenvalue weighted by atomic mass is 35.5. The van der Waals surface area contributed by atoms with Gasteiger partial charge in [0.25, 0.3) is 12.0 Å². The molecule has 0 unspecified atom stereocenters. The zero-order valence-corrected chi connectivity index (χ0v) is 7.61. The molecule has 0 aromatic carbocycles. The van der Waals surface area contributed by atoms with Crippen LogP contribution in [0.25, 0.3) is 0 Å². The lowest BCUT2D eigenvalue weighted by atomic mass is 10.1.